The van der Waals surface area contributed by atoms with Crippen LogP contribution in [0.15, 0.2) is 54.7 Å². The van der Waals surface area contributed by atoms with E-state index in [-0.39, 0.29) is 10.6 Å². The molecule has 32 heavy (non-hydrogen) atoms. The molecule has 0 saturated carbocycles. The molecule has 0 unspecified atom stereocenters. The maximum absolute atomic E-state index is 13.2. The Bertz CT molecular complexity index is 1300. The molecule has 2 N–H and O–H groups in total. The van der Waals surface area contributed by atoms with Gasteiger partial charge in [0, 0.05) is 28.0 Å². The first kappa shape index (κ1) is 20.8. The van der Waals surface area contributed by atoms with E-state index in [1.807, 2.05) is 6.07 Å². The van der Waals surface area contributed by atoms with Gasteiger partial charge in [0.1, 0.15) is 0 Å². The van der Waals surface area contributed by atoms with Crippen LogP contribution in [0.4, 0.5) is 24.8 Å². The van der Waals surface area contributed by atoms with Crippen LogP contribution >= 0.6 is 11.6 Å². The first-order valence-corrected chi connectivity index (χ1v) is 10.6. The van der Waals surface area contributed by atoms with E-state index in [9.17, 15) is 13.2 Å². The van der Waals surface area contributed by atoms with Gasteiger partial charge in [0.25, 0.3) is 0 Å². The van der Waals surface area contributed by atoms with Crippen LogP contribution in [0.1, 0.15) is 16.7 Å². The Morgan fingerprint density at radius 2 is 1.78 bits per heavy atom. The van der Waals surface area contributed by atoms with E-state index in [0.717, 1.165) is 43.8 Å². The monoisotopic (exact) mass is 457 g/mol. The molecule has 0 radical (unpaired) electrons. The molecule has 1 aliphatic rings. The molecule has 0 spiro atoms. The van der Waals surface area contributed by atoms with Gasteiger partial charge in [-0.15, -0.1) is 5.10 Å². The minimum absolute atomic E-state index is 0.211. The fraction of sp³-hybridized carbons (Fsp3) is 0.217. The van der Waals surface area contributed by atoms with Gasteiger partial charge in [-0.1, -0.05) is 17.7 Å². The fourth-order valence-electron chi connectivity index (χ4n) is 3.96. The Hall–Kier alpha value is -3.10. The molecule has 0 atom stereocenters. The number of hydrogen-bond acceptors (Lipinski definition) is 4. The van der Waals surface area contributed by atoms with E-state index in [1.54, 1.807) is 18.3 Å². The van der Waals surface area contributed by atoms with Gasteiger partial charge in [0.2, 0.25) is 5.95 Å². The number of nitrogens with zero attached hydrogens (tertiary/aromatic N) is 3. The molecule has 2 aromatic carbocycles. The Morgan fingerprint density at radius 3 is 2.59 bits per heavy atom. The highest BCUT2D eigenvalue weighted by atomic mass is 35.5. The number of hydrogen-bond donors (Lipinski definition) is 2. The Balaban J connectivity index is 1.52. The molecule has 0 amide bonds. The third-order valence-corrected chi connectivity index (χ3v) is 5.88. The lowest BCUT2D eigenvalue weighted by Crippen LogP contribution is -2.16. The number of aromatic nitrogens is 3. The molecule has 0 fully saturated rings. The number of fused-ring (bicyclic) bond motifs is 2. The van der Waals surface area contributed by atoms with Crippen LogP contribution in [0.25, 0.3) is 16.8 Å². The third kappa shape index (κ3) is 4.03. The van der Waals surface area contributed by atoms with Gasteiger partial charge < -0.3 is 10.6 Å². The summed E-state index contributed by atoms with van der Waals surface area (Å²) in [6.07, 6.45) is -0.835. The molecule has 5 rings (SSSR count). The van der Waals surface area contributed by atoms with Crippen LogP contribution < -0.4 is 10.6 Å². The molecule has 2 aromatic heterocycles. The molecular formula is C23H19ClF3N5. The van der Waals surface area contributed by atoms with Crippen LogP contribution in [0, 0.1) is 0 Å². The lowest BCUT2D eigenvalue weighted by molar-refractivity contribution is -0.137. The van der Waals surface area contributed by atoms with Crippen molar-refractivity contribution in [3.63, 3.8) is 0 Å². The molecule has 0 saturated heterocycles. The van der Waals surface area contributed by atoms with Crippen molar-refractivity contribution in [3.8, 4) is 11.1 Å². The molecule has 0 aliphatic carbocycles. The Morgan fingerprint density at radius 1 is 0.969 bits per heavy atom. The van der Waals surface area contributed by atoms with Gasteiger partial charge in [-0.3, -0.25) is 0 Å². The third-order valence-electron chi connectivity index (χ3n) is 5.55. The standard InChI is InChI=1S/C23H19ClF3N5/c24-20-6-4-16(23(25,26)27)13-19(20)18-2-1-11-32-21(18)30-22(31-32)29-17-5-3-14-7-9-28-10-8-15(14)12-17/h1-6,11-13,28H,7-10H2,(H,29,31). The normalized spacial score (nSPS) is 14.2. The van der Waals surface area contributed by atoms with Crippen LogP contribution in [0.2, 0.25) is 5.02 Å². The van der Waals surface area contributed by atoms with Crippen molar-refractivity contribution < 1.29 is 13.2 Å². The molecule has 164 valence electrons. The average molecular weight is 458 g/mol. The zero-order valence-electron chi connectivity index (χ0n) is 16.9. The summed E-state index contributed by atoms with van der Waals surface area (Å²) in [6.45, 7) is 1.90. The molecule has 1 aliphatic heterocycles. The summed E-state index contributed by atoms with van der Waals surface area (Å²) in [5.41, 5.74) is 3.83. The average Bonchev–Trinajstić information content (AvgIpc) is 3.02. The van der Waals surface area contributed by atoms with Crippen molar-refractivity contribution in [2.75, 3.05) is 18.4 Å². The second kappa shape index (κ2) is 8.11. The van der Waals surface area contributed by atoms with E-state index in [0.29, 0.717) is 17.2 Å². The van der Waals surface area contributed by atoms with Crippen molar-refractivity contribution in [2.24, 2.45) is 0 Å². The molecular weight excluding hydrogens is 439 g/mol. The number of halogens is 4. The summed E-state index contributed by atoms with van der Waals surface area (Å²) in [5.74, 6) is 0.354. The van der Waals surface area contributed by atoms with Crippen molar-refractivity contribution in [3.05, 3.63) is 76.4 Å². The summed E-state index contributed by atoms with van der Waals surface area (Å²) in [4.78, 5) is 4.54. The first-order chi connectivity index (χ1) is 15.4. The van der Waals surface area contributed by atoms with Crippen molar-refractivity contribution in [2.45, 2.75) is 19.0 Å². The quantitative estimate of drug-likeness (QED) is 0.426. The topological polar surface area (TPSA) is 54.2 Å². The zero-order valence-corrected chi connectivity index (χ0v) is 17.6. The first-order valence-electron chi connectivity index (χ1n) is 10.2. The predicted octanol–water partition coefficient (Wildman–Crippen LogP) is 5.50. The van der Waals surface area contributed by atoms with Crippen LogP contribution in [0.3, 0.4) is 0 Å². The summed E-state index contributed by atoms with van der Waals surface area (Å²) >= 11 is 6.25. The number of alkyl halides is 3. The summed E-state index contributed by atoms with van der Waals surface area (Å²) in [6, 6.07) is 12.8. The van der Waals surface area contributed by atoms with Crippen molar-refractivity contribution in [1.82, 2.24) is 19.9 Å². The predicted molar refractivity (Wildman–Crippen MR) is 118 cm³/mol. The highest BCUT2D eigenvalue weighted by molar-refractivity contribution is 6.33. The Kier molecular flexibility index (Phi) is 5.27. The fourth-order valence-corrected chi connectivity index (χ4v) is 4.18. The SMILES string of the molecule is FC(F)(F)c1ccc(Cl)c(-c2cccn3nc(Nc4ccc5c(c4)CCNCC5)nc23)c1. The van der Waals surface area contributed by atoms with Crippen LogP contribution in [-0.2, 0) is 19.0 Å². The van der Waals surface area contributed by atoms with Gasteiger partial charge in [-0.25, -0.2) is 4.52 Å². The summed E-state index contributed by atoms with van der Waals surface area (Å²) in [5, 5.41) is 11.3. The van der Waals surface area contributed by atoms with Crippen LogP contribution in [0.5, 0.6) is 0 Å². The summed E-state index contributed by atoms with van der Waals surface area (Å²) < 4.78 is 41.2. The van der Waals surface area contributed by atoms with E-state index in [4.69, 9.17) is 11.6 Å². The van der Waals surface area contributed by atoms with Crippen molar-refractivity contribution in [1.29, 1.82) is 0 Å². The lowest BCUT2D eigenvalue weighted by Gasteiger charge is -2.11. The minimum atomic E-state index is -4.47. The number of pyridine rings is 1. The number of benzene rings is 2. The van der Waals surface area contributed by atoms with E-state index < -0.39 is 11.7 Å². The van der Waals surface area contributed by atoms with Gasteiger partial charge in [-0.2, -0.15) is 18.2 Å². The largest absolute Gasteiger partial charge is 0.416 e. The van der Waals surface area contributed by atoms with Gasteiger partial charge >= 0.3 is 6.18 Å². The molecule has 0 bridgehead atoms. The second-order valence-electron chi connectivity index (χ2n) is 7.68. The number of rotatable bonds is 3. The number of nitrogens with one attached hydrogen (secondary N) is 2. The maximum Gasteiger partial charge on any atom is 0.416 e. The smallest absolute Gasteiger partial charge is 0.323 e. The second-order valence-corrected chi connectivity index (χ2v) is 8.08. The van der Waals surface area contributed by atoms with E-state index in [2.05, 4.69) is 32.8 Å². The van der Waals surface area contributed by atoms with E-state index >= 15 is 0 Å². The molecule has 4 aromatic rings. The van der Waals surface area contributed by atoms with E-state index in [1.165, 1.54) is 21.7 Å². The van der Waals surface area contributed by atoms with Gasteiger partial charge in [0.05, 0.1) is 5.56 Å². The van der Waals surface area contributed by atoms with Gasteiger partial charge in [-0.05, 0) is 79.5 Å². The Labute approximate surface area is 187 Å². The molecule has 3 heterocycles. The van der Waals surface area contributed by atoms with Crippen molar-refractivity contribution >= 4 is 28.9 Å². The summed E-state index contributed by atoms with van der Waals surface area (Å²) in [7, 11) is 0. The lowest BCUT2D eigenvalue weighted by atomic mass is 10.0. The van der Waals surface area contributed by atoms with Crippen LogP contribution in [-0.4, -0.2) is 27.7 Å². The highest BCUT2D eigenvalue weighted by Crippen LogP contribution is 2.37. The molecule has 9 heteroatoms. The minimum Gasteiger partial charge on any atom is -0.323 e. The highest BCUT2D eigenvalue weighted by Gasteiger charge is 2.31. The van der Waals surface area contributed by atoms with Gasteiger partial charge in [0.15, 0.2) is 5.65 Å². The maximum atomic E-state index is 13.2. The molecule has 5 nitrogen and oxygen atoms in total. The zero-order chi connectivity index (χ0) is 22.3. The number of anilines is 2.